The van der Waals surface area contributed by atoms with Gasteiger partial charge >= 0.3 is 0 Å². The van der Waals surface area contributed by atoms with Crippen molar-refractivity contribution in [2.45, 2.75) is 32.2 Å². The van der Waals surface area contributed by atoms with Crippen LogP contribution >= 0.6 is 0 Å². The number of aliphatic hydroxyl groups is 1. The Labute approximate surface area is 209 Å². The molecule has 1 unspecified atom stereocenters. The quantitative estimate of drug-likeness (QED) is 0.280. The summed E-state index contributed by atoms with van der Waals surface area (Å²) >= 11 is 0. The Kier molecular flexibility index (Phi) is 6.59. The molecule has 0 aromatic heterocycles. The second-order valence-corrected chi connectivity index (χ2v) is 9.59. The van der Waals surface area contributed by atoms with E-state index in [4.69, 9.17) is 9.47 Å². The Balaban J connectivity index is 1.95. The van der Waals surface area contributed by atoms with E-state index < -0.39 is 23.5 Å². The van der Waals surface area contributed by atoms with Gasteiger partial charge in [0.15, 0.2) is 0 Å². The highest BCUT2D eigenvalue weighted by Crippen LogP contribution is 2.43. The molecule has 1 aliphatic heterocycles. The molecule has 1 heterocycles. The number of ketones is 1. The number of anilines is 1. The summed E-state index contributed by atoms with van der Waals surface area (Å²) in [4.78, 5) is 27.8. The first-order chi connectivity index (χ1) is 17.1. The van der Waals surface area contributed by atoms with Gasteiger partial charge in [-0.05, 0) is 59.5 Å². The summed E-state index contributed by atoms with van der Waals surface area (Å²) in [5, 5.41) is 11.5. The first-order valence-corrected chi connectivity index (χ1v) is 11.5. The van der Waals surface area contributed by atoms with Crippen LogP contribution in [-0.2, 0) is 15.0 Å². The summed E-state index contributed by atoms with van der Waals surface area (Å²) in [7, 11) is 3.10. The average Bonchev–Trinajstić information content (AvgIpc) is 3.13. The minimum absolute atomic E-state index is 0.0838. The van der Waals surface area contributed by atoms with Crippen molar-refractivity contribution >= 4 is 23.1 Å². The van der Waals surface area contributed by atoms with E-state index in [9.17, 15) is 19.1 Å². The van der Waals surface area contributed by atoms with E-state index in [-0.39, 0.29) is 22.4 Å². The van der Waals surface area contributed by atoms with Crippen LogP contribution in [0.4, 0.5) is 10.1 Å². The highest BCUT2D eigenvalue weighted by atomic mass is 19.1. The molecule has 4 rings (SSSR count). The number of methoxy groups -OCH3 is 2. The standard InChI is InChI=1S/C29H28FNO5/c1-29(2,3)22-15-18(11-14-23(22)36-5)26(32)24-25(17-9-12-21(35-4)13-10-17)31(28(34)27(24)33)20-8-6-7-19(30)16-20/h6-16,25,32H,1-5H3/b26-24-. The molecule has 186 valence electrons. The van der Waals surface area contributed by atoms with Crippen molar-refractivity contribution in [1.82, 2.24) is 0 Å². The fraction of sp³-hybridized carbons (Fsp3) is 0.241. The van der Waals surface area contributed by atoms with Gasteiger partial charge in [0.2, 0.25) is 0 Å². The number of ether oxygens (including phenoxy) is 2. The topological polar surface area (TPSA) is 76.1 Å². The van der Waals surface area contributed by atoms with Gasteiger partial charge in [-0.25, -0.2) is 4.39 Å². The minimum atomic E-state index is -0.974. The Bertz CT molecular complexity index is 1350. The first kappa shape index (κ1) is 25.0. The monoisotopic (exact) mass is 489 g/mol. The maximum atomic E-state index is 14.1. The number of carbonyl (C=O) groups is 2. The van der Waals surface area contributed by atoms with Gasteiger partial charge in [0.05, 0.1) is 25.8 Å². The fourth-order valence-corrected chi connectivity index (χ4v) is 4.42. The number of carbonyl (C=O) groups excluding carboxylic acids is 2. The predicted octanol–water partition coefficient (Wildman–Crippen LogP) is 5.77. The third-order valence-electron chi connectivity index (χ3n) is 6.24. The van der Waals surface area contributed by atoms with E-state index in [0.29, 0.717) is 22.6 Å². The molecule has 0 aliphatic carbocycles. The van der Waals surface area contributed by atoms with Crippen molar-refractivity contribution in [3.63, 3.8) is 0 Å². The molecule has 1 fully saturated rings. The second kappa shape index (κ2) is 9.49. The minimum Gasteiger partial charge on any atom is -0.507 e. The van der Waals surface area contributed by atoms with E-state index >= 15 is 0 Å². The number of hydrogen-bond acceptors (Lipinski definition) is 5. The third kappa shape index (κ3) is 4.44. The van der Waals surface area contributed by atoms with E-state index in [2.05, 4.69) is 0 Å². The van der Waals surface area contributed by atoms with Crippen LogP contribution in [0.3, 0.4) is 0 Å². The van der Waals surface area contributed by atoms with Crippen molar-refractivity contribution < 1.29 is 28.6 Å². The zero-order valence-corrected chi connectivity index (χ0v) is 20.8. The van der Waals surface area contributed by atoms with E-state index in [1.54, 1.807) is 55.6 Å². The summed E-state index contributed by atoms with van der Waals surface area (Å²) in [5.74, 6) is -1.34. The van der Waals surface area contributed by atoms with Gasteiger partial charge in [-0.15, -0.1) is 0 Å². The van der Waals surface area contributed by atoms with Crippen molar-refractivity contribution in [2.75, 3.05) is 19.1 Å². The van der Waals surface area contributed by atoms with Gasteiger partial charge in [-0.3, -0.25) is 14.5 Å². The van der Waals surface area contributed by atoms with Crippen molar-refractivity contribution in [2.24, 2.45) is 0 Å². The molecule has 0 saturated carbocycles. The van der Waals surface area contributed by atoms with E-state index in [0.717, 1.165) is 5.56 Å². The van der Waals surface area contributed by atoms with Crippen molar-refractivity contribution in [3.05, 3.63) is 94.8 Å². The number of hydrogen-bond donors (Lipinski definition) is 1. The van der Waals surface area contributed by atoms with Crippen LogP contribution in [0.1, 0.15) is 43.5 Å². The lowest BCUT2D eigenvalue weighted by molar-refractivity contribution is -0.132. The molecule has 3 aromatic rings. The van der Waals surface area contributed by atoms with Gasteiger partial charge in [-0.2, -0.15) is 0 Å². The van der Waals surface area contributed by atoms with E-state index in [1.807, 2.05) is 20.8 Å². The highest BCUT2D eigenvalue weighted by Gasteiger charge is 2.47. The summed E-state index contributed by atoms with van der Waals surface area (Å²) in [6.07, 6.45) is 0. The fourth-order valence-electron chi connectivity index (χ4n) is 4.42. The van der Waals surface area contributed by atoms with Crippen molar-refractivity contribution in [1.29, 1.82) is 0 Å². The summed E-state index contributed by atoms with van der Waals surface area (Å²) in [5.41, 5.74) is 1.57. The summed E-state index contributed by atoms with van der Waals surface area (Å²) in [6, 6.07) is 16.4. The molecule has 1 N–H and O–H groups in total. The largest absolute Gasteiger partial charge is 0.507 e. The SMILES string of the molecule is COc1ccc(C2/C(=C(/O)c3ccc(OC)c(C(C)(C)C)c3)C(=O)C(=O)N2c2cccc(F)c2)cc1. The second-order valence-electron chi connectivity index (χ2n) is 9.59. The van der Waals surface area contributed by atoms with Crippen molar-refractivity contribution in [3.8, 4) is 11.5 Å². The number of Topliss-reactive ketones (excluding diaryl/α,β-unsaturated/α-hetero) is 1. The van der Waals surface area contributed by atoms with Gasteiger partial charge < -0.3 is 14.6 Å². The number of halogens is 1. The maximum Gasteiger partial charge on any atom is 0.300 e. The van der Waals surface area contributed by atoms with Crippen LogP contribution in [0.5, 0.6) is 11.5 Å². The van der Waals surface area contributed by atoms with Crippen LogP contribution in [-0.4, -0.2) is 31.0 Å². The molecule has 1 atom stereocenters. The lowest BCUT2D eigenvalue weighted by Crippen LogP contribution is -2.29. The van der Waals surface area contributed by atoms with Crippen LogP contribution in [0.2, 0.25) is 0 Å². The normalized spacial score (nSPS) is 17.4. The molecule has 36 heavy (non-hydrogen) atoms. The molecule has 0 spiro atoms. The molecule has 6 nitrogen and oxygen atoms in total. The summed E-state index contributed by atoms with van der Waals surface area (Å²) in [6.45, 7) is 6.03. The van der Waals surface area contributed by atoms with E-state index in [1.165, 1.54) is 30.2 Å². The molecule has 7 heteroatoms. The number of aliphatic hydroxyl groups excluding tert-OH is 1. The van der Waals surface area contributed by atoms with Crippen LogP contribution in [0.25, 0.3) is 5.76 Å². The highest BCUT2D eigenvalue weighted by molar-refractivity contribution is 6.51. The number of rotatable bonds is 5. The number of nitrogens with zero attached hydrogens (tertiary/aromatic N) is 1. The number of benzene rings is 3. The molecule has 3 aromatic carbocycles. The molecular weight excluding hydrogens is 461 g/mol. The zero-order chi connectivity index (χ0) is 26.2. The lowest BCUT2D eigenvalue weighted by Gasteiger charge is -2.26. The molecule has 1 aliphatic rings. The Hall–Kier alpha value is -4.13. The Morgan fingerprint density at radius 1 is 0.944 bits per heavy atom. The van der Waals surface area contributed by atoms with Crippen LogP contribution in [0, 0.1) is 5.82 Å². The Morgan fingerprint density at radius 2 is 1.64 bits per heavy atom. The predicted molar refractivity (Wildman–Crippen MR) is 136 cm³/mol. The maximum absolute atomic E-state index is 14.1. The lowest BCUT2D eigenvalue weighted by atomic mass is 9.84. The smallest absolute Gasteiger partial charge is 0.300 e. The molecule has 1 saturated heterocycles. The molecule has 0 radical (unpaired) electrons. The zero-order valence-electron chi connectivity index (χ0n) is 20.8. The van der Waals surface area contributed by atoms with Crippen LogP contribution in [0.15, 0.2) is 72.3 Å². The van der Waals surface area contributed by atoms with Gasteiger partial charge in [0.25, 0.3) is 11.7 Å². The summed E-state index contributed by atoms with van der Waals surface area (Å²) < 4.78 is 24.8. The molecule has 1 amide bonds. The molecule has 0 bridgehead atoms. The van der Waals surface area contributed by atoms with Gasteiger partial charge in [0.1, 0.15) is 23.1 Å². The number of amides is 1. The average molecular weight is 490 g/mol. The molecular formula is C29H28FNO5. The van der Waals surface area contributed by atoms with Gasteiger partial charge in [0, 0.05) is 16.8 Å². The van der Waals surface area contributed by atoms with Gasteiger partial charge in [-0.1, -0.05) is 39.0 Å². The first-order valence-electron chi connectivity index (χ1n) is 11.5. The van der Waals surface area contributed by atoms with Crippen LogP contribution < -0.4 is 14.4 Å². The Morgan fingerprint density at radius 3 is 2.22 bits per heavy atom. The third-order valence-corrected chi connectivity index (χ3v) is 6.24.